The lowest BCUT2D eigenvalue weighted by Crippen LogP contribution is -2.22. The maximum atomic E-state index is 11.4. The first-order chi connectivity index (χ1) is 5.81. The largest absolute Gasteiger partial charge is 0.381 e. The van der Waals surface area contributed by atoms with Crippen molar-refractivity contribution in [3.8, 4) is 0 Å². The van der Waals surface area contributed by atoms with Crippen LogP contribution in [0.2, 0.25) is 0 Å². The second-order valence-electron chi connectivity index (χ2n) is 4.23. The highest BCUT2D eigenvalue weighted by Crippen LogP contribution is 2.40. The molecule has 0 aromatic carbocycles. The maximum Gasteiger partial charge on any atom is 0.133 e. The number of hydrogen-bond donors (Lipinski definition) is 0. The molecule has 1 aliphatic heterocycles. The van der Waals surface area contributed by atoms with E-state index in [0.29, 0.717) is 5.78 Å². The first kappa shape index (κ1) is 8.24. The van der Waals surface area contributed by atoms with E-state index in [9.17, 15) is 4.79 Å². The SMILES string of the molecule is O=C1CCCC[C@@]2(CCOC2)C1. The van der Waals surface area contributed by atoms with Gasteiger partial charge < -0.3 is 4.74 Å². The van der Waals surface area contributed by atoms with Crippen molar-refractivity contribution in [3.05, 3.63) is 0 Å². The summed E-state index contributed by atoms with van der Waals surface area (Å²) in [7, 11) is 0. The molecule has 2 heteroatoms. The molecular formula is C10H16O2. The Hall–Kier alpha value is -0.370. The number of Topliss-reactive ketones (excluding diaryl/α,β-unsaturated/α-hetero) is 1. The highest BCUT2D eigenvalue weighted by atomic mass is 16.5. The monoisotopic (exact) mass is 168 g/mol. The van der Waals surface area contributed by atoms with E-state index in [1.54, 1.807) is 0 Å². The molecule has 2 nitrogen and oxygen atoms in total. The number of ether oxygens (including phenoxy) is 1. The Morgan fingerprint density at radius 3 is 2.92 bits per heavy atom. The molecule has 2 aliphatic rings. The molecule has 0 aromatic heterocycles. The van der Waals surface area contributed by atoms with E-state index in [4.69, 9.17) is 4.74 Å². The minimum absolute atomic E-state index is 0.258. The van der Waals surface area contributed by atoms with Crippen LogP contribution in [0.1, 0.15) is 38.5 Å². The van der Waals surface area contributed by atoms with Crippen LogP contribution in [0.4, 0.5) is 0 Å². The van der Waals surface area contributed by atoms with Gasteiger partial charge in [0.25, 0.3) is 0 Å². The average molecular weight is 168 g/mol. The van der Waals surface area contributed by atoms with E-state index in [2.05, 4.69) is 0 Å². The average Bonchev–Trinajstić information content (AvgIpc) is 2.39. The third-order valence-corrected chi connectivity index (χ3v) is 3.17. The van der Waals surface area contributed by atoms with Crippen molar-refractivity contribution in [2.45, 2.75) is 38.5 Å². The molecule has 1 atom stereocenters. The minimum atomic E-state index is 0.258. The van der Waals surface area contributed by atoms with E-state index in [1.807, 2.05) is 0 Å². The molecule has 68 valence electrons. The lowest BCUT2D eigenvalue weighted by molar-refractivity contribution is -0.120. The molecular weight excluding hydrogens is 152 g/mol. The van der Waals surface area contributed by atoms with Crippen molar-refractivity contribution < 1.29 is 9.53 Å². The van der Waals surface area contributed by atoms with Crippen molar-refractivity contribution in [2.75, 3.05) is 13.2 Å². The van der Waals surface area contributed by atoms with Crippen molar-refractivity contribution >= 4 is 5.78 Å². The quantitative estimate of drug-likeness (QED) is 0.552. The van der Waals surface area contributed by atoms with Crippen LogP contribution in [0.3, 0.4) is 0 Å². The van der Waals surface area contributed by atoms with Crippen LogP contribution >= 0.6 is 0 Å². The predicted octanol–water partition coefficient (Wildman–Crippen LogP) is 1.93. The zero-order valence-electron chi connectivity index (χ0n) is 7.47. The Morgan fingerprint density at radius 1 is 1.25 bits per heavy atom. The van der Waals surface area contributed by atoms with Gasteiger partial charge in [-0.3, -0.25) is 4.79 Å². The summed E-state index contributed by atoms with van der Waals surface area (Å²) in [5.41, 5.74) is 0.258. The smallest absolute Gasteiger partial charge is 0.133 e. The molecule has 1 aliphatic carbocycles. The Bertz CT molecular complexity index is 180. The molecule has 1 heterocycles. The van der Waals surface area contributed by atoms with Gasteiger partial charge in [-0.05, 0) is 19.3 Å². The second kappa shape index (κ2) is 3.17. The predicted molar refractivity (Wildman–Crippen MR) is 46.0 cm³/mol. The molecule has 1 spiro atoms. The van der Waals surface area contributed by atoms with Gasteiger partial charge in [-0.2, -0.15) is 0 Å². The maximum absolute atomic E-state index is 11.4. The fraction of sp³-hybridized carbons (Fsp3) is 0.900. The van der Waals surface area contributed by atoms with Gasteiger partial charge in [0.2, 0.25) is 0 Å². The van der Waals surface area contributed by atoms with Crippen LogP contribution in [0.15, 0.2) is 0 Å². The fourth-order valence-corrected chi connectivity index (χ4v) is 2.40. The summed E-state index contributed by atoms with van der Waals surface area (Å²) in [5.74, 6) is 0.456. The Morgan fingerprint density at radius 2 is 2.17 bits per heavy atom. The lowest BCUT2D eigenvalue weighted by Gasteiger charge is -2.23. The second-order valence-corrected chi connectivity index (χ2v) is 4.23. The number of carbonyl (C=O) groups is 1. The third kappa shape index (κ3) is 1.53. The molecule has 0 N–H and O–H groups in total. The van der Waals surface area contributed by atoms with E-state index < -0.39 is 0 Å². The van der Waals surface area contributed by atoms with Gasteiger partial charge in [0.1, 0.15) is 5.78 Å². The van der Waals surface area contributed by atoms with Gasteiger partial charge in [0, 0.05) is 24.9 Å². The Labute approximate surface area is 73.3 Å². The van der Waals surface area contributed by atoms with E-state index in [1.165, 1.54) is 12.8 Å². The van der Waals surface area contributed by atoms with Crippen LogP contribution in [0.25, 0.3) is 0 Å². The lowest BCUT2D eigenvalue weighted by atomic mass is 9.80. The standard InChI is InChI=1S/C10H16O2/c11-9-3-1-2-4-10(7-9)5-6-12-8-10/h1-8H2/t10-/m1/s1. The molecule has 0 bridgehead atoms. The fourth-order valence-electron chi connectivity index (χ4n) is 2.40. The van der Waals surface area contributed by atoms with Crippen LogP contribution in [-0.2, 0) is 9.53 Å². The summed E-state index contributed by atoms with van der Waals surface area (Å²) in [6, 6.07) is 0. The molecule has 2 rings (SSSR count). The zero-order chi connectivity index (χ0) is 8.44. The zero-order valence-corrected chi connectivity index (χ0v) is 7.47. The van der Waals surface area contributed by atoms with E-state index >= 15 is 0 Å². The summed E-state index contributed by atoms with van der Waals surface area (Å²) in [4.78, 5) is 11.4. The van der Waals surface area contributed by atoms with Crippen LogP contribution in [-0.4, -0.2) is 19.0 Å². The molecule has 0 aromatic rings. The van der Waals surface area contributed by atoms with Gasteiger partial charge in [-0.1, -0.05) is 6.42 Å². The topological polar surface area (TPSA) is 26.3 Å². The van der Waals surface area contributed by atoms with Crippen LogP contribution < -0.4 is 0 Å². The molecule has 1 saturated carbocycles. The first-order valence-corrected chi connectivity index (χ1v) is 4.90. The van der Waals surface area contributed by atoms with Gasteiger partial charge in [0.15, 0.2) is 0 Å². The normalized spacial score (nSPS) is 37.2. The summed E-state index contributed by atoms with van der Waals surface area (Å²) in [5, 5.41) is 0. The van der Waals surface area contributed by atoms with E-state index in [0.717, 1.165) is 38.9 Å². The Balaban J connectivity index is 2.07. The molecule has 2 fully saturated rings. The first-order valence-electron chi connectivity index (χ1n) is 4.90. The number of rotatable bonds is 0. The highest BCUT2D eigenvalue weighted by Gasteiger charge is 2.37. The molecule has 1 saturated heterocycles. The van der Waals surface area contributed by atoms with Crippen molar-refractivity contribution in [1.82, 2.24) is 0 Å². The highest BCUT2D eigenvalue weighted by molar-refractivity contribution is 5.79. The van der Waals surface area contributed by atoms with Crippen LogP contribution in [0, 0.1) is 5.41 Å². The number of carbonyl (C=O) groups excluding carboxylic acids is 1. The van der Waals surface area contributed by atoms with Crippen molar-refractivity contribution in [2.24, 2.45) is 5.41 Å². The van der Waals surface area contributed by atoms with Crippen LogP contribution in [0.5, 0.6) is 0 Å². The van der Waals surface area contributed by atoms with Gasteiger partial charge >= 0.3 is 0 Å². The molecule has 0 amide bonds. The summed E-state index contributed by atoms with van der Waals surface area (Å²) < 4.78 is 5.39. The van der Waals surface area contributed by atoms with Gasteiger partial charge in [-0.15, -0.1) is 0 Å². The number of hydrogen-bond acceptors (Lipinski definition) is 2. The van der Waals surface area contributed by atoms with Crippen molar-refractivity contribution in [1.29, 1.82) is 0 Å². The summed E-state index contributed by atoms with van der Waals surface area (Å²) in [6.45, 7) is 1.70. The molecule has 0 unspecified atom stereocenters. The van der Waals surface area contributed by atoms with Gasteiger partial charge in [0.05, 0.1) is 6.61 Å². The number of ketones is 1. The summed E-state index contributed by atoms with van der Waals surface area (Å²) >= 11 is 0. The van der Waals surface area contributed by atoms with E-state index in [-0.39, 0.29) is 5.41 Å². The molecule has 0 radical (unpaired) electrons. The van der Waals surface area contributed by atoms with Crippen molar-refractivity contribution in [3.63, 3.8) is 0 Å². The van der Waals surface area contributed by atoms with Gasteiger partial charge in [-0.25, -0.2) is 0 Å². The third-order valence-electron chi connectivity index (χ3n) is 3.17. The molecule has 12 heavy (non-hydrogen) atoms. The Kier molecular flexibility index (Phi) is 2.18. The minimum Gasteiger partial charge on any atom is -0.381 e. The summed E-state index contributed by atoms with van der Waals surface area (Å²) in [6.07, 6.45) is 6.22.